The number of carbonyl (C=O) groups is 1. The van der Waals surface area contributed by atoms with Gasteiger partial charge in [-0.3, -0.25) is 9.79 Å². The summed E-state index contributed by atoms with van der Waals surface area (Å²) in [5, 5.41) is 6.53. The molecular formula is C27H28ClFN6O3S. The van der Waals surface area contributed by atoms with Crippen LogP contribution in [0.5, 0.6) is 0 Å². The van der Waals surface area contributed by atoms with Crippen LogP contribution in [0.25, 0.3) is 5.57 Å². The van der Waals surface area contributed by atoms with Gasteiger partial charge in [0, 0.05) is 37.0 Å². The maximum atomic E-state index is 14.9. The number of nitrogens with zero attached hydrogens (tertiary/aromatic N) is 4. The van der Waals surface area contributed by atoms with Crippen LogP contribution in [-0.4, -0.2) is 53.6 Å². The third-order valence-electron chi connectivity index (χ3n) is 7.97. The minimum Gasteiger partial charge on any atom is -0.365 e. The normalized spacial score (nSPS) is 28.2. The fourth-order valence-corrected chi connectivity index (χ4v) is 7.65. The molecule has 1 saturated heterocycles. The van der Waals surface area contributed by atoms with Gasteiger partial charge in [0.2, 0.25) is 5.91 Å². The number of aromatic nitrogens is 2. The van der Waals surface area contributed by atoms with Crippen molar-refractivity contribution < 1.29 is 17.6 Å². The minimum absolute atomic E-state index is 0.0472. The van der Waals surface area contributed by atoms with E-state index in [1.54, 1.807) is 30.3 Å². The van der Waals surface area contributed by atoms with Crippen molar-refractivity contribution in [3.05, 3.63) is 65.0 Å². The molecule has 12 heteroatoms. The predicted molar refractivity (Wildman–Crippen MR) is 146 cm³/mol. The average molecular weight is 571 g/mol. The third-order valence-corrected chi connectivity index (χ3v) is 9.94. The topological polar surface area (TPSA) is 117 Å². The molecule has 0 bridgehead atoms. The number of sulfonamides is 1. The number of nitrogens with one attached hydrogen (secondary N) is 2. The van der Waals surface area contributed by atoms with Crippen LogP contribution in [0.15, 0.2) is 57.7 Å². The lowest BCUT2D eigenvalue weighted by atomic mass is 9.71. The molecule has 4 heterocycles. The van der Waals surface area contributed by atoms with Gasteiger partial charge in [-0.1, -0.05) is 41.8 Å². The molecule has 4 atom stereocenters. The van der Waals surface area contributed by atoms with E-state index >= 15 is 0 Å². The highest BCUT2D eigenvalue weighted by Gasteiger charge is 2.44. The molecule has 1 aromatic heterocycles. The van der Waals surface area contributed by atoms with Gasteiger partial charge in [-0.15, -0.1) is 0 Å². The predicted octanol–water partition coefficient (Wildman–Crippen LogP) is 3.98. The number of allylic oxidation sites excluding steroid dienone is 1. The molecule has 2 aromatic rings. The van der Waals surface area contributed by atoms with E-state index in [0.717, 1.165) is 37.4 Å². The van der Waals surface area contributed by atoms with E-state index in [-0.39, 0.29) is 33.9 Å². The summed E-state index contributed by atoms with van der Waals surface area (Å²) in [7, 11) is -3.95. The molecule has 204 valence electrons. The number of amides is 1. The Morgan fingerprint density at radius 1 is 1.26 bits per heavy atom. The zero-order valence-electron chi connectivity index (χ0n) is 21.3. The highest BCUT2D eigenvalue weighted by molar-refractivity contribution is 7.89. The first-order chi connectivity index (χ1) is 18.6. The molecule has 1 amide bonds. The van der Waals surface area contributed by atoms with Gasteiger partial charge in [0.15, 0.2) is 17.5 Å². The van der Waals surface area contributed by atoms with E-state index in [2.05, 4.69) is 25.6 Å². The molecule has 0 radical (unpaired) electrons. The van der Waals surface area contributed by atoms with Crippen LogP contribution in [-0.2, 0) is 14.8 Å². The molecule has 2 N–H and O–H groups in total. The molecule has 9 nitrogen and oxygen atoms in total. The Bertz CT molecular complexity index is 1530. The van der Waals surface area contributed by atoms with Crippen molar-refractivity contribution in [2.24, 2.45) is 16.3 Å². The van der Waals surface area contributed by atoms with E-state index in [4.69, 9.17) is 11.6 Å². The standard InChI is InChI=1S/C27H28ClFN6O3S/c1-16-4-6-19(7-5-16)39(37,38)35-14-21(20-9-17(28)12-31-26(20)35)24-30-13-22(29)25(34-24)33-18-3-2-8-27(10-18)11-23(36)32-15-27/h4-7,9,12-14,18,20,26H,2-3,8,10-11,15H2,1H3,(H,32,36)(H,30,33,34). The number of aryl methyl sites for hydroxylation is 1. The van der Waals surface area contributed by atoms with Crippen LogP contribution in [0, 0.1) is 24.1 Å². The number of carbonyl (C=O) groups excluding carboxylic acids is 1. The fourth-order valence-electron chi connectivity index (χ4n) is 6.01. The second-order valence-corrected chi connectivity index (χ2v) is 13.1. The molecule has 1 spiro atoms. The summed E-state index contributed by atoms with van der Waals surface area (Å²) in [5.41, 5.74) is 1.29. The fraction of sp³-hybridized carbons (Fsp3) is 0.407. The van der Waals surface area contributed by atoms with E-state index in [1.165, 1.54) is 16.7 Å². The van der Waals surface area contributed by atoms with Gasteiger partial charge in [0.25, 0.3) is 10.0 Å². The molecule has 1 aliphatic carbocycles. The molecule has 39 heavy (non-hydrogen) atoms. The first-order valence-corrected chi connectivity index (χ1v) is 14.7. The number of anilines is 1. The summed E-state index contributed by atoms with van der Waals surface area (Å²) < 4.78 is 43.3. The van der Waals surface area contributed by atoms with Crippen LogP contribution >= 0.6 is 11.6 Å². The summed E-state index contributed by atoms with van der Waals surface area (Å²) in [6.07, 6.45) is 8.82. The van der Waals surface area contributed by atoms with Gasteiger partial charge < -0.3 is 10.6 Å². The van der Waals surface area contributed by atoms with Gasteiger partial charge in [-0.05, 0) is 43.7 Å². The highest BCUT2D eigenvalue weighted by Crippen LogP contribution is 2.43. The Kier molecular flexibility index (Phi) is 6.46. The summed E-state index contributed by atoms with van der Waals surface area (Å²) >= 11 is 6.26. The van der Waals surface area contributed by atoms with Crippen LogP contribution in [0.4, 0.5) is 10.2 Å². The zero-order valence-corrected chi connectivity index (χ0v) is 22.8. The lowest BCUT2D eigenvalue weighted by Gasteiger charge is -2.37. The minimum atomic E-state index is -3.95. The average Bonchev–Trinajstić information content (AvgIpc) is 3.46. The Morgan fingerprint density at radius 3 is 2.79 bits per heavy atom. The summed E-state index contributed by atoms with van der Waals surface area (Å²) in [4.78, 5) is 25.1. The smallest absolute Gasteiger partial charge is 0.265 e. The van der Waals surface area contributed by atoms with Gasteiger partial charge in [0.05, 0.1) is 22.0 Å². The Labute approximate surface area is 231 Å². The second kappa shape index (κ2) is 9.71. The Hall–Kier alpha value is -3.31. The molecule has 1 saturated carbocycles. The SMILES string of the molecule is Cc1ccc(S(=O)(=O)N2C=C(c3ncc(F)c(NC4CCCC5(CNC(=O)C5)C4)n3)C3C=C(Cl)C=NC32)cc1. The van der Waals surface area contributed by atoms with E-state index in [1.807, 2.05) is 6.92 Å². The molecule has 4 aliphatic rings. The van der Waals surface area contributed by atoms with Crippen molar-refractivity contribution in [2.45, 2.75) is 56.1 Å². The van der Waals surface area contributed by atoms with Crippen LogP contribution in [0.3, 0.4) is 0 Å². The largest absolute Gasteiger partial charge is 0.365 e. The van der Waals surface area contributed by atoms with Crippen molar-refractivity contribution in [3.8, 4) is 0 Å². The number of aliphatic imine (C=N–C) groups is 1. The first-order valence-electron chi connectivity index (χ1n) is 12.9. The number of benzene rings is 1. The number of halogens is 2. The maximum absolute atomic E-state index is 14.9. The summed E-state index contributed by atoms with van der Waals surface area (Å²) in [6.45, 7) is 2.52. The number of hydrogen-bond acceptors (Lipinski definition) is 7. The highest BCUT2D eigenvalue weighted by atomic mass is 35.5. The van der Waals surface area contributed by atoms with Crippen LogP contribution < -0.4 is 10.6 Å². The van der Waals surface area contributed by atoms with Gasteiger partial charge in [-0.2, -0.15) is 0 Å². The van der Waals surface area contributed by atoms with Crippen LogP contribution in [0.2, 0.25) is 0 Å². The molecule has 3 aliphatic heterocycles. The van der Waals surface area contributed by atoms with Gasteiger partial charge in [-0.25, -0.2) is 27.1 Å². The summed E-state index contributed by atoms with van der Waals surface area (Å²) in [6, 6.07) is 6.53. The Morgan fingerprint density at radius 2 is 2.05 bits per heavy atom. The lowest BCUT2D eigenvalue weighted by Crippen LogP contribution is -2.37. The van der Waals surface area contributed by atoms with Crippen molar-refractivity contribution in [1.29, 1.82) is 0 Å². The van der Waals surface area contributed by atoms with E-state index < -0.39 is 27.9 Å². The summed E-state index contributed by atoms with van der Waals surface area (Å²) in [5.74, 6) is -0.855. The van der Waals surface area contributed by atoms with Gasteiger partial charge >= 0.3 is 0 Å². The first kappa shape index (κ1) is 25.9. The molecule has 1 aromatic carbocycles. The molecule has 4 unspecified atom stereocenters. The number of fused-ring (bicyclic) bond motifs is 1. The number of rotatable bonds is 5. The molecular weight excluding hydrogens is 543 g/mol. The van der Waals surface area contributed by atoms with Crippen LogP contribution in [0.1, 0.15) is 43.5 Å². The zero-order chi connectivity index (χ0) is 27.4. The van der Waals surface area contributed by atoms with Crippen molar-refractivity contribution in [3.63, 3.8) is 0 Å². The van der Waals surface area contributed by atoms with E-state index in [0.29, 0.717) is 23.6 Å². The number of hydrogen-bond donors (Lipinski definition) is 2. The third kappa shape index (κ3) is 4.82. The van der Waals surface area contributed by atoms with Crippen molar-refractivity contribution >= 4 is 45.1 Å². The monoisotopic (exact) mass is 570 g/mol. The van der Waals surface area contributed by atoms with Crippen molar-refractivity contribution in [2.75, 3.05) is 11.9 Å². The van der Waals surface area contributed by atoms with Gasteiger partial charge in [0.1, 0.15) is 6.17 Å². The Balaban J connectivity index is 1.32. The quantitative estimate of drug-likeness (QED) is 0.562. The van der Waals surface area contributed by atoms with Crippen molar-refractivity contribution in [1.82, 2.24) is 19.6 Å². The lowest BCUT2D eigenvalue weighted by molar-refractivity contribution is -0.119. The second-order valence-electron chi connectivity index (χ2n) is 10.8. The van der Waals surface area contributed by atoms with E-state index in [9.17, 15) is 17.6 Å². The molecule has 6 rings (SSSR count). The maximum Gasteiger partial charge on any atom is 0.265 e. The number of dihydropyridines is 1. The molecule has 2 fully saturated rings.